The topological polar surface area (TPSA) is 144 Å². The Kier molecular flexibility index (Phi) is 7.11. The quantitative estimate of drug-likeness (QED) is 0.209. The minimum atomic E-state index is -3.43. The van der Waals surface area contributed by atoms with Crippen LogP contribution in [-0.4, -0.2) is 63.8 Å². The molecule has 2 N–H and O–H groups in total. The number of hydrogen-bond acceptors (Lipinski definition) is 10. The third kappa shape index (κ3) is 5.19. The van der Waals surface area contributed by atoms with Gasteiger partial charge in [-0.15, -0.1) is 6.58 Å². The van der Waals surface area contributed by atoms with E-state index in [1.54, 1.807) is 10.8 Å². The van der Waals surface area contributed by atoms with Gasteiger partial charge in [-0.3, -0.25) is 8.98 Å². The van der Waals surface area contributed by atoms with E-state index in [0.29, 0.717) is 54.4 Å². The lowest BCUT2D eigenvalue weighted by atomic mass is 9.98. The summed E-state index contributed by atoms with van der Waals surface area (Å²) in [7, 11) is -3.43. The summed E-state index contributed by atoms with van der Waals surface area (Å²) in [4.78, 5) is 29.4. The van der Waals surface area contributed by atoms with Crippen LogP contribution in [0.15, 0.2) is 60.0 Å². The van der Waals surface area contributed by atoms with Crippen molar-refractivity contribution >= 4 is 38.5 Å². The fraction of sp³-hybridized carbons (Fsp3) is 0.379. The predicted molar refractivity (Wildman–Crippen MR) is 160 cm³/mol. The van der Waals surface area contributed by atoms with Gasteiger partial charge in [0.1, 0.15) is 11.0 Å². The lowest BCUT2D eigenvalue weighted by Gasteiger charge is -2.40. The largest absolute Gasteiger partial charge is 0.384 e. The number of aryl methyl sites for hydroxylation is 1. The van der Waals surface area contributed by atoms with E-state index in [4.69, 9.17) is 14.2 Å². The molecule has 42 heavy (non-hydrogen) atoms. The van der Waals surface area contributed by atoms with Crippen molar-refractivity contribution in [2.75, 3.05) is 36.2 Å². The lowest BCUT2D eigenvalue weighted by molar-refractivity contribution is 0.0306. The summed E-state index contributed by atoms with van der Waals surface area (Å²) in [5, 5.41) is 14.7. The molecular formula is C29H33N7O5S. The first kappa shape index (κ1) is 28.1. The van der Waals surface area contributed by atoms with E-state index in [1.807, 2.05) is 43.3 Å². The zero-order chi connectivity index (χ0) is 29.6. The SMILES string of the molecule is C=CCn1c(=O)c2cnc(Nc3ccc(N4CC(COS(C)(=O)=O)C4)cc3)nc2n1-c1ccc2c(n1)[C@@](O)(CC)CC2. The normalized spacial score (nSPS) is 18.7. The summed E-state index contributed by atoms with van der Waals surface area (Å²) in [5.41, 5.74) is 2.57. The van der Waals surface area contributed by atoms with Gasteiger partial charge >= 0.3 is 0 Å². The highest BCUT2D eigenvalue weighted by Gasteiger charge is 2.37. The molecule has 4 aromatic rings. The number of nitrogens with one attached hydrogen (secondary N) is 1. The summed E-state index contributed by atoms with van der Waals surface area (Å²) in [5.74, 6) is 0.966. The Morgan fingerprint density at radius 2 is 1.95 bits per heavy atom. The Labute approximate surface area is 243 Å². The van der Waals surface area contributed by atoms with E-state index in [0.717, 1.165) is 29.6 Å². The Hall–Kier alpha value is -4.07. The number of aliphatic hydroxyl groups is 1. The fourth-order valence-electron chi connectivity index (χ4n) is 5.60. The van der Waals surface area contributed by atoms with E-state index < -0.39 is 15.7 Å². The van der Waals surface area contributed by atoms with Crippen molar-refractivity contribution in [2.24, 2.45) is 5.92 Å². The molecule has 13 heteroatoms. The van der Waals surface area contributed by atoms with Gasteiger partial charge in [0.05, 0.1) is 25.1 Å². The molecule has 6 rings (SSSR count). The van der Waals surface area contributed by atoms with Crippen molar-refractivity contribution in [2.45, 2.75) is 38.3 Å². The minimum absolute atomic E-state index is 0.166. The van der Waals surface area contributed by atoms with Crippen LogP contribution in [0.5, 0.6) is 0 Å². The molecule has 2 aliphatic rings. The minimum Gasteiger partial charge on any atom is -0.384 e. The van der Waals surface area contributed by atoms with Gasteiger partial charge in [-0.05, 0) is 55.2 Å². The Morgan fingerprint density at radius 1 is 1.19 bits per heavy atom. The van der Waals surface area contributed by atoms with Crippen molar-refractivity contribution in [1.29, 1.82) is 0 Å². The Bertz CT molecular complexity index is 1830. The molecule has 4 heterocycles. The molecule has 1 aromatic carbocycles. The number of rotatable bonds is 10. The first-order chi connectivity index (χ1) is 20.1. The summed E-state index contributed by atoms with van der Waals surface area (Å²) < 4.78 is 30.5. The molecule has 0 bridgehead atoms. The van der Waals surface area contributed by atoms with Gasteiger partial charge in [0, 0.05) is 36.6 Å². The molecule has 1 fully saturated rings. The Balaban J connectivity index is 1.26. The zero-order valence-electron chi connectivity index (χ0n) is 23.5. The molecule has 0 unspecified atom stereocenters. The number of anilines is 3. The summed E-state index contributed by atoms with van der Waals surface area (Å²) in [6.07, 6.45) is 6.12. The average Bonchev–Trinajstić information content (AvgIpc) is 3.42. The summed E-state index contributed by atoms with van der Waals surface area (Å²) in [6.45, 7) is 7.61. The van der Waals surface area contributed by atoms with E-state index in [9.17, 15) is 18.3 Å². The van der Waals surface area contributed by atoms with Crippen molar-refractivity contribution in [3.05, 3.63) is 76.9 Å². The van der Waals surface area contributed by atoms with Gasteiger partial charge < -0.3 is 15.3 Å². The average molecular weight is 592 g/mol. The molecular weight excluding hydrogens is 558 g/mol. The number of benzene rings is 1. The van der Waals surface area contributed by atoms with Crippen LogP contribution >= 0.6 is 0 Å². The molecule has 12 nitrogen and oxygen atoms in total. The molecule has 0 radical (unpaired) electrons. The highest BCUT2D eigenvalue weighted by molar-refractivity contribution is 7.85. The third-order valence-electron chi connectivity index (χ3n) is 7.96. The van der Waals surface area contributed by atoms with Crippen LogP contribution < -0.4 is 15.8 Å². The smallest absolute Gasteiger partial charge is 0.278 e. The second-order valence-electron chi connectivity index (χ2n) is 10.9. The highest BCUT2D eigenvalue weighted by atomic mass is 32.2. The van der Waals surface area contributed by atoms with Gasteiger partial charge in [0.15, 0.2) is 11.5 Å². The molecule has 220 valence electrons. The molecule has 1 saturated heterocycles. The van der Waals surface area contributed by atoms with Crippen LogP contribution in [0.4, 0.5) is 17.3 Å². The number of nitrogens with zero attached hydrogens (tertiary/aromatic N) is 6. The van der Waals surface area contributed by atoms with Gasteiger partial charge in [-0.2, -0.15) is 13.4 Å². The van der Waals surface area contributed by atoms with Crippen molar-refractivity contribution < 1.29 is 17.7 Å². The summed E-state index contributed by atoms with van der Waals surface area (Å²) >= 11 is 0. The monoisotopic (exact) mass is 591 g/mol. The van der Waals surface area contributed by atoms with E-state index in [1.165, 1.54) is 10.9 Å². The maximum atomic E-state index is 13.3. The molecule has 1 aliphatic carbocycles. The molecule has 0 spiro atoms. The molecule has 1 atom stereocenters. The van der Waals surface area contributed by atoms with E-state index in [-0.39, 0.29) is 24.6 Å². The van der Waals surface area contributed by atoms with Crippen LogP contribution in [0.2, 0.25) is 0 Å². The highest BCUT2D eigenvalue weighted by Crippen LogP contribution is 2.38. The van der Waals surface area contributed by atoms with E-state index in [2.05, 4.69) is 21.8 Å². The molecule has 0 saturated carbocycles. The van der Waals surface area contributed by atoms with Crippen LogP contribution in [0.3, 0.4) is 0 Å². The van der Waals surface area contributed by atoms with E-state index >= 15 is 0 Å². The molecule has 0 amide bonds. The van der Waals surface area contributed by atoms with Crippen LogP contribution in [-0.2, 0) is 32.9 Å². The number of pyridine rings is 1. The maximum absolute atomic E-state index is 13.3. The van der Waals surface area contributed by atoms with Gasteiger partial charge in [-0.1, -0.05) is 19.1 Å². The van der Waals surface area contributed by atoms with Gasteiger partial charge in [0.2, 0.25) is 5.95 Å². The van der Waals surface area contributed by atoms with Gasteiger partial charge in [0.25, 0.3) is 15.7 Å². The van der Waals surface area contributed by atoms with Gasteiger partial charge in [-0.25, -0.2) is 19.3 Å². The van der Waals surface area contributed by atoms with Crippen molar-refractivity contribution in [1.82, 2.24) is 24.3 Å². The Morgan fingerprint density at radius 3 is 2.64 bits per heavy atom. The van der Waals surface area contributed by atoms with Crippen molar-refractivity contribution in [3.8, 4) is 5.82 Å². The third-order valence-corrected chi connectivity index (χ3v) is 8.52. The van der Waals surface area contributed by atoms with Crippen molar-refractivity contribution in [3.63, 3.8) is 0 Å². The lowest BCUT2D eigenvalue weighted by Crippen LogP contribution is -2.49. The van der Waals surface area contributed by atoms with Crippen LogP contribution in [0.1, 0.15) is 31.0 Å². The number of hydrogen-bond donors (Lipinski definition) is 2. The maximum Gasteiger partial charge on any atom is 0.278 e. The second-order valence-corrected chi connectivity index (χ2v) is 12.6. The van der Waals surface area contributed by atoms with Crippen LogP contribution in [0, 0.1) is 5.92 Å². The molecule has 1 aliphatic heterocycles. The predicted octanol–water partition coefficient (Wildman–Crippen LogP) is 2.86. The first-order valence-electron chi connectivity index (χ1n) is 13.9. The number of allylic oxidation sites excluding steroid dienone is 1. The van der Waals surface area contributed by atoms with Crippen LogP contribution in [0.25, 0.3) is 16.9 Å². The summed E-state index contributed by atoms with van der Waals surface area (Å²) in [6, 6.07) is 11.6. The number of fused-ring (bicyclic) bond motifs is 2. The number of aromatic nitrogens is 5. The standard InChI is InChI=1S/C29H33N7O5S/c1-4-14-35-27(37)23-15-30-28(31-21-7-9-22(10-8-21)34-16-19(17-34)18-41-42(3,39)40)33-26(23)36(35)24-11-6-20-12-13-29(38,5-2)25(20)32-24/h4,6-11,15,19,38H,1,5,12-14,16-18H2,2-3H3,(H,30,31,33)/t29-/m1/s1. The fourth-order valence-corrected chi connectivity index (χ4v) is 6.04. The first-order valence-corrected chi connectivity index (χ1v) is 15.7. The zero-order valence-corrected chi connectivity index (χ0v) is 24.3. The second kappa shape index (κ2) is 10.6. The molecule has 3 aromatic heterocycles.